The van der Waals surface area contributed by atoms with Gasteiger partial charge in [0.2, 0.25) is 21.8 Å². The number of nitrogens with zero attached hydrogens (tertiary/aromatic N) is 3. The zero-order valence-electron chi connectivity index (χ0n) is 22.4. The number of anilines is 1. The monoisotopic (exact) mass is 548 g/mol. The molecule has 0 spiro atoms. The van der Waals surface area contributed by atoms with E-state index in [1.165, 1.54) is 7.11 Å². The fraction of sp³-hybridized carbons (Fsp3) is 0.276. The number of methoxy groups -OCH3 is 1. The van der Waals surface area contributed by atoms with Crippen LogP contribution >= 0.6 is 0 Å². The molecule has 0 bridgehead atoms. The summed E-state index contributed by atoms with van der Waals surface area (Å²) in [5, 5.41) is 6.81. The molecule has 3 aromatic carbocycles. The summed E-state index contributed by atoms with van der Waals surface area (Å²) >= 11 is 0. The summed E-state index contributed by atoms with van der Waals surface area (Å²) in [6.07, 6.45) is 0.492. The summed E-state index contributed by atoms with van der Waals surface area (Å²) in [5.74, 6) is 1.09. The van der Waals surface area contributed by atoms with Crippen LogP contribution in [0.3, 0.4) is 0 Å². The average Bonchev–Trinajstić information content (AvgIpc) is 3.39. The molecule has 39 heavy (non-hydrogen) atoms. The number of nitrogens with one attached hydrogen (secondary N) is 1. The van der Waals surface area contributed by atoms with E-state index in [1.54, 1.807) is 37.3 Å². The lowest BCUT2D eigenvalue weighted by molar-refractivity contribution is -0.116. The first kappa shape index (κ1) is 28.0. The van der Waals surface area contributed by atoms with Gasteiger partial charge < -0.3 is 14.6 Å². The number of aromatic nitrogens is 2. The Labute approximate surface area is 228 Å². The molecule has 0 aliphatic carbocycles. The van der Waals surface area contributed by atoms with Crippen LogP contribution in [0.5, 0.6) is 5.75 Å². The summed E-state index contributed by atoms with van der Waals surface area (Å²) in [6, 6.07) is 21.3. The molecular formula is C29H32N4O5S. The number of amides is 1. The van der Waals surface area contributed by atoms with Crippen molar-refractivity contribution < 1.29 is 22.5 Å². The van der Waals surface area contributed by atoms with Gasteiger partial charge in [0, 0.05) is 24.6 Å². The highest BCUT2D eigenvalue weighted by atomic mass is 32.2. The van der Waals surface area contributed by atoms with Crippen molar-refractivity contribution in [3.8, 4) is 5.75 Å². The number of hydrogen-bond donors (Lipinski definition) is 1. The number of benzene rings is 3. The van der Waals surface area contributed by atoms with Crippen molar-refractivity contribution in [3.05, 3.63) is 101 Å². The van der Waals surface area contributed by atoms with E-state index in [9.17, 15) is 13.2 Å². The maximum atomic E-state index is 13.8. The largest absolute Gasteiger partial charge is 0.495 e. The van der Waals surface area contributed by atoms with Crippen molar-refractivity contribution in [2.45, 2.75) is 44.6 Å². The van der Waals surface area contributed by atoms with Gasteiger partial charge in [-0.2, -0.15) is 9.29 Å². The molecule has 10 heteroatoms. The van der Waals surface area contributed by atoms with Gasteiger partial charge in [-0.1, -0.05) is 67.5 Å². The number of carbonyl (C=O) groups excluding carboxylic acids is 1. The van der Waals surface area contributed by atoms with Crippen LogP contribution in [0.4, 0.5) is 5.69 Å². The summed E-state index contributed by atoms with van der Waals surface area (Å²) in [4.78, 5) is 17.5. The molecule has 0 aliphatic heterocycles. The van der Waals surface area contributed by atoms with Gasteiger partial charge in [-0.3, -0.25) is 4.79 Å². The van der Waals surface area contributed by atoms with Gasteiger partial charge in [0.15, 0.2) is 5.82 Å². The molecule has 0 atom stereocenters. The Bertz CT molecular complexity index is 1520. The third-order valence-electron chi connectivity index (χ3n) is 6.04. The minimum Gasteiger partial charge on any atom is -0.495 e. The van der Waals surface area contributed by atoms with E-state index in [-0.39, 0.29) is 29.7 Å². The first-order valence-corrected chi connectivity index (χ1v) is 14.0. The third-order valence-corrected chi connectivity index (χ3v) is 7.85. The van der Waals surface area contributed by atoms with Gasteiger partial charge in [0.1, 0.15) is 10.6 Å². The van der Waals surface area contributed by atoms with Crippen LogP contribution in [0.2, 0.25) is 0 Å². The Kier molecular flexibility index (Phi) is 8.78. The van der Waals surface area contributed by atoms with Crippen LogP contribution in [0.25, 0.3) is 0 Å². The quantitative estimate of drug-likeness (QED) is 0.283. The van der Waals surface area contributed by atoms with E-state index < -0.39 is 15.9 Å². The third kappa shape index (κ3) is 7.10. The van der Waals surface area contributed by atoms with E-state index in [0.717, 1.165) is 21.0 Å². The predicted molar refractivity (Wildman–Crippen MR) is 148 cm³/mol. The number of carbonyl (C=O) groups is 1. The summed E-state index contributed by atoms with van der Waals surface area (Å²) in [5.41, 5.74) is 3.01. The Morgan fingerprint density at radius 3 is 2.38 bits per heavy atom. The van der Waals surface area contributed by atoms with Crippen LogP contribution < -0.4 is 10.1 Å². The van der Waals surface area contributed by atoms with Gasteiger partial charge in [-0.15, -0.1) is 0 Å². The molecule has 1 amide bonds. The number of hydrogen-bond acceptors (Lipinski definition) is 7. The molecule has 4 aromatic rings. The predicted octanol–water partition coefficient (Wildman–Crippen LogP) is 4.93. The molecule has 1 heterocycles. The Balaban J connectivity index is 1.50. The van der Waals surface area contributed by atoms with Crippen molar-refractivity contribution in [1.29, 1.82) is 0 Å². The zero-order chi connectivity index (χ0) is 28.0. The highest BCUT2D eigenvalue weighted by Gasteiger charge is 2.30. The second-order valence-corrected chi connectivity index (χ2v) is 11.4. The normalized spacial score (nSPS) is 11.6. The molecule has 0 saturated heterocycles. The second-order valence-electron chi connectivity index (χ2n) is 9.54. The van der Waals surface area contributed by atoms with Crippen LogP contribution in [-0.4, -0.2) is 42.4 Å². The SMILES string of the molecule is COc1ccc(C)cc1S(=O)(=O)N(CC(=O)Nc1ccc(Cc2noc(C(C)C)n2)cc1)Cc1ccccc1. The molecule has 1 aromatic heterocycles. The molecular weight excluding hydrogens is 516 g/mol. The average molecular weight is 549 g/mol. The number of ether oxygens (including phenoxy) is 1. The summed E-state index contributed by atoms with van der Waals surface area (Å²) in [6.45, 7) is 5.42. The minimum absolute atomic E-state index is 0.0140. The minimum atomic E-state index is -4.07. The van der Waals surface area contributed by atoms with E-state index in [0.29, 0.717) is 23.8 Å². The van der Waals surface area contributed by atoms with E-state index in [2.05, 4.69) is 15.5 Å². The van der Waals surface area contributed by atoms with Crippen molar-refractivity contribution in [1.82, 2.24) is 14.4 Å². The van der Waals surface area contributed by atoms with E-state index in [4.69, 9.17) is 9.26 Å². The fourth-order valence-electron chi connectivity index (χ4n) is 3.96. The molecule has 204 valence electrons. The van der Waals surface area contributed by atoms with Crippen molar-refractivity contribution in [2.75, 3.05) is 19.0 Å². The number of rotatable bonds is 11. The molecule has 0 unspecified atom stereocenters. The topological polar surface area (TPSA) is 115 Å². The van der Waals surface area contributed by atoms with Gasteiger partial charge in [0.25, 0.3) is 0 Å². The van der Waals surface area contributed by atoms with Gasteiger partial charge in [-0.05, 0) is 47.9 Å². The smallest absolute Gasteiger partial charge is 0.247 e. The van der Waals surface area contributed by atoms with Crippen LogP contribution in [0, 0.1) is 6.92 Å². The maximum absolute atomic E-state index is 13.8. The lowest BCUT2D eigenvalue weighted by Crippen LogP contribution is -2.37. The molecule has 0 radical (unpaired) electrons. The maximum Gasteiger partial charge on any atom is 0.247 e. The Hall–Kier alpha value is -4.02. The van der Waals surface area contributed by atoms with Gasteiger partial charge in [-0.25, -0.2) is 8.42 Å². The Morgan fingerprint density at radius 1 is 1.03 bits per heavy atom. The standard InChI is InChI=1S/C29H32N4O5S/c1-20(2)29-31-27(32-38-29)17-22-11-13-24(14-12-22)30-28(34)19-33(18-23-8-6-5-7-9-23)39(35,36)26-16-21(3)10-15-25(26)37-4/h5-16,20H,17-19H2,1-4H3,(H,30,34). The van der Waals surface area contributed by atoms with E-state index >= 15 is 0 Å². The molecule has 9 nitrogen and oxygen atoms in total. The molecule has 0 aliphatic rings. The lowest BCUT2D eigenvalue weighted by atomic mass is 10.1. The van der Waals surface area contributed by atoms with Crippen molar-refractivity contribution in [3.63, 3.8) is 0 Å². The van der Waals surface area contributed by atoms with Crippen LogP contribution in [0.15, 0.2) is 82.2 Å². The van der Waals surface area contributed by atoms with Gasteiger partial charge in [0.05, 0.1) is 13.7 Å². The number of aryl methyl sites for hydroxylation is 1. The molecule has 0 fully saturated rings. The van der Waals surface area contributed by atoms with E-state index in [1.807, 2.05) is 56.3 Å². The highest BCUT2D eigenvalue weighted by Crippen LogP contribution is 2.29. The van der Waals surface area contributed by atoms with Crippen LogP contribution in [0.1, 0.15) is 48.2 Å². The number of sulfonamides is 1. The molecule has 0 saturated carbocycles. The van der Waals surface area contributed by atoms with Crippen LogP contribution in [-0.2, 0) is 27.8 Å². The lowest BCUT2D eigenvalue weighted by Gasteiger charge is -2.23. The first-order valence-electron chi connectivity index (χ1n) is 12.6. The summed E-state index contributed by atoms with van der Waals surface area (Å²) < 4.78 is 39.3. The fourth-order valence-corrected chi connectivity index (χ4v) is 5.59. The van der Waals surface area contributed by atoms with Crippen molar-refractivity contribution in [2.24, 2.45) is 0 Å². The zero-order valence-corrected chi connectivity index (χ0v) is 23.2. The molecule has 4 rings (SSSR count). The first-order chi connectivity index (χ1) is 18.7. The van der Waals surface area contributed by atoms with Crippen molar-refractivity contribution >= 4 is 21.6 Å². The second kappa shape index (κ2) is 12.2. The Morgan fingerprint density at radius 2 is 1.74 bits per heavy atom. The highest BCUT2D eigenvalue weighted by molar-refractivity contribution is 7.89. The molecule has 1 N–H and O–H groups in total. The summed E-state index contributed by atoms with van der Waals surface area (Å²) in [7, 11) is -2.65. The van der Waals surface area contributed by atoms with Gasteiger partial charge >= 0.3 is 0 Å².